The van der Waals surface area contributed by atoms with Crippen LogP contribution in [0.2, 0.25) is 0 Å². The third-order valence-electron chi connectivity index (χ3n) is 3.50. The first-order chi connectivity index (χ1) is 11.1. The zero-order chi connectivity index (χ0) is 16.7. The van der Waals surface area contributed by atoms with E-state index in [1.54, 1.807) is 24.3 Å². The first-order valence-corrected chi connectivity index (χ1v) is 7.82. The molecule has 0 radical (unpaired) electrons. The van der Waals surface area contributed by atoms with E-state index in [0.717, 1.165) is 13.0 Å². The lowest BCUT2D eigenvalue weighted by Crippen LogP contribution is -2.35. The predicted molar refractivity (Wildman–Crippen MR) is 89.6 cm³/mol. The van der Waals surface area contributed by atoms with E-state index in [1.165, 1.54) is 4.68 Å². The van der Waals surface area contributed by atoms with Crippen molar-refractivity contribution in [1.29, 1.82) is 0 Å². The molecule has 1 amide bonds. The number of carbonyl (C=O) groups is 1. The van der Waals surface area contributed by atoms with E-state index >= 15 is 0 Å². The second-order valence-corrected chi connectivity index (χ2v) is 5.29. The average molecular weight is 318 g/mol. The number of aromatic nitrogens is 2. The maximum Gasteiger partial charge on any atom is 0.273 e. The number of nitrogens with one attached hydrogen (secondary N) is 3. The molecule has 0 saturated carbocycles. The first kappa shape index (κ1) is 17.0. The van der Waals surface area contributed by atoms with Crippen LogP contribution in [0.3, 0.4) is 0 Å². The van der Waals surface area contributed by atoms with Crippen LogP contribution in [0.1, 0.15) is 19.8 Å². The number of nitrogens with zero attached hydrogens (tertiary/aromatic N) is 1. The smallest absolute Gasteiger partial charge is 0.273 e. The molecule has 7 nitrogen and oxygen atoms in total. The van der Waals surface area contributed by atoms with Crippen molar-refractivity contribution in [2.75, 3.05) is 19.6 Å². The van der Waals surface area contributed by atoms with Crippen molar-refractivity contribution < 1.29 is 4.79 Å². The normalized spacial score (nSPS) is 10.8. The molecule has 3 N–H and O–H groups in total. The van der Waals surface area contributed by atoms with Crippen LogP contribution in [0.25, 0.3) is 10.8 Å². The summed E-state index contributed by atoms with van der Waals surface area (Å²) < 4.78 is 1.19. The summed E-state index contributed by atoms with van der Waals surface area (Å²) in [6.07, 6.45) is 1.19. The highest BCUT2D eigenvalue weighted by molar-refractivity contribution is 5.80. The van der Waals surface area contributed by atoms with Crippen molar-refractivity contribution in [3.63, 3.8) is 0 Å². The van der Waals surface area contributed by atoms with Crippen LogP contribution in [0.4, 0.5) is 0 Å². The summed E-state index contributed by atoms with van der Waals surface area (Å²) in [6, 6.07) is 6.64. The van der Waals surface area contributed by atoms with Gasteiger partial charge in [0.05, 0.1) is 17.3 Å². The molecular formula is C16H22N4O3. The molecule has 0 aliphatic carbocycles. The Morgan fingerprint density at radius 1 is 1.13 bits per heavy atom. The molecular weight excluding hydrogens is 296 g/mol. The first-order valence-electron chi connectivity index (χ1n) is 7.82. The Kier molecular flexibility index (Phi) is 6.10. The van der Waals surface area contributed by atoms with Gasteiger partial charge >= 0.3 is 0 Å². The lowest BCUT2D eigenvalue weighted by atomic mass is 10.2. The maximum atomic E-state index is 12.3. The number of hydrogen-bond acceptors (Lipinski definition) is 4. The van der Waals surface area contributed by atoms with Gasteiger partial charge in [-0.25, -0.2) is 4.68 Å². The summed E-state index contributed by atoms with van der Waals surface area (Å²) in [4.78, 5) is 36.0. The molecule has 0 spiro atoms. The Balaban J connectivity index is 1.95. The van der Waals surface area contributed by atoms with Crippen molar-refractivity contribution >= 4 is 16.7 Å². The minimum absolute atomic E-state index is 0.141. The van der Waals surface area contributed by atoms with Gasteiger partial charge in [-0.2, -0.15) is 0 Å². The molecule has 1 aromatic heterocycles. The molecule has 0 bridgehead atoms. The summed E-state index contributed by atoms with van der Waals surface area (Å²) in [7, 11) is 0. The molecule has 2 aromatic rings. The van der Waals surface area contributed by atoms with Gasteiger partial charge in [-0.1, -0.05) is 19.1 Å². The minimum Gasteiger partial charge on any atom is -0.355 e. The zero-order valence-corrected chi connectivity index (χ0v) is 13.2. The Bertz CT molecular complexity index is 779. The van der Waals surface area contributed by atoms with E-state index in [1.807, 2.05) is 0 Å². The van der Waals surface area contributed by atoms with Crippen molar-refractivity contribution in [2.24, 2.45) is 0 Å². The number of carbonyl (C=O) groups excluding carboxylic acids is 1. The van der Waals surface area contributed by atoms with Gasteiger partial charge in [0.15, 0.2) is 0 Å². The topological polar surface area (TPSA) is 96.0 Å². The molecule has 0 aliphatic rings. The average Bonchev–Trinajstić information content (AvgIpc) is 2.56. The van der Waals surface area contributed by atoms with Crippen LogP contribution in [-0.2, 0) is 11.3 Å². The number of fused-ring (bicyclic) bond motifs is 1. The minimum atomic E-state index is -0.329. The molecule has 23 heavy (non-hydrogen) atoms. The molecule has 0 unspecified atom stereocenters. The molecule has 7 heteroatoms. The fraction of sp³-hybridized carbons (Fsp3) is 0.438. The third-order valence-corrected chi connectivity index (χ3v) is 3.50. The number of aromatic amines is 1. The lowest BCUT2D eigenvalue weighted by molar-refractivity contribution is -0.121. The molecule has 1 heterocycles. The van der Waals surface area contributed by atoms with Crippen LogP contribution in [0, 0.1) is 0 Å². The van der Waals surface area contributed by atoms with Crippen LogP contribution in [0.15, 0.2) is 33.9 Å². The predicted octanol–water partition coefficient (Wildman–Crippen LogP) is 0.196. The monoisotopic (exact) mass is 318 g/mol. The van der Waals surface area contributed by atoms with Crippen molar-refractivity contribution in [3.05, 3.63) is 45.0 Å². The summed E-state index contributed by atoms with van der Waals surface area (Å²) in [6.45, 7) is 4.40. The zero-order valence-electron chi connectivity index (χ0n) is 13.2. The molecule has 1 aromatic carbocycles. The summed E-state index contributed by atoms with van der Waals surface area (Å²) in [5, 5.41) is 9.19. The highest BCUT2D eigenvalue weighted by atomic mass is 16.2. The molecule has 124 valence electrons. The number of amides is 1. The van der Waals surface area contributed by atoms with Crippen LogP contribution in [0.5, 0.6) is 0 Å². The van der Waals surface area contributed by atoms with E-state index in [4.69, 9.17) is 0 Å². The quantitative estimate of drug-likeness (QED) is 0.606. The van der Waals surface area contributed by atoms with Crippen LogP contribution in [-0.4, -0.2) is 35.3 Å². The SMILES string of the molecule is CCCNCCNC(=O)CCn1[nH]c(=O)c2ccccc2c1=O. The molecule has 2 rings (SSSR count). The number of benzene rings is 1. The van der Waals surface area contributed by atoms with Crippen molar-refractivity contribution in [1.82, 2.24) is 20.4 Å². The number of rotatable bonds is 8. The van der Waals surface area contributed by atoms with Gasteiger partial charge in [-0.3, -0.25) is 19.5 Å². The van der Waals surface area contributed by atoms with Gasteiger partial charge in [0.25, 0.3) is 11.1 Å². The standard InChI is InChI=1S/C16H22N4O3/c1-2-8-17-9-10-18-14(21)7-11-20-16(23)13-6-4-3-5-12(13)15(22)19-20/h3-6,17H,2,7-11H2,1H3,(H,18,21)(H,19,22). The molecule has 0 fully saturated rings. The Hall–Kier alpha value is -2.41. The van der Waals surface area contributed by atoms with Gasteiger partial charge < -0.3 is 10.6 Å². The number of H-pyrrole nitrogens is 1. The van der Waals surface area contributed by atoms with E-state index in [0.29, 0.717) is 23.9 Å². The highest BCUT2D eigenvalue weighted by Gasteiger charge is 2.08. The van der Waals surface area contributed by atoms with Gasteiger partial charge in [0, 0.05) is 19.5 Å². The second-order valence-electron chi connectivity index (χ2n) is 5.29. The van der Waals surface area contributed by atoms with Crippen molar-refractivity contribution in [2.45, 2.75) is 26.3 Å². The van der Waals surface area contributed by atoms with Gasteiger partial charge in [0.1, 0.15) is 0 Å². The second kappa shape index (κ2) is 8.28. The summed E-state index contributed by atoms with van der Waals surface area (Å²) in [5.74, 6) is -0.149. The number of aryl methyl sites for hydroxylation is 1. The Labute approximate surface area is 133 Å². The van der Waals surface area contributed by atoms with Crippen LogP contribution < -0.4 is 21.8 Å². The largest absolute Gasteiger partial charge is 0.355 e. The highest BCUT2D eigenvalue weighted by Crippen LogP contribution is 2.02. The van der Waals surface area contributed by atoms with E-state index < -0.39 is 0 Å². The van der Waals surface area contributed by atoms with Gasteiger partial charge in [-0.15, -0.1) is 0 Å². The maximum absolute atomic E-state index is 12.3. The summed E-state index contributed by atoms with van der Waals surface area (Å²) >= 11 is 0. The Morgan fingerprint density at radius 2 is 1.87 bits per heavy atom. The van der Waals surface area contributed by atoms with E-state index in [9.17, 15) is 14.4 Å². The van der Waals surface area contributed by atoms with Crippen LogP contribution >= 0.6 is 0 Å². The fourth-order valence-corrected chi connectivity index (χ4v) is 2.30. The summed E-state index contributed by atoms with van der Waals surface area (Å²) in [5.41, 5.74) is -0.623. The van der Waals surface area contributed by atoms with Gasteiger partial charge in [-0.05, 0) is 25.1 Å². The van der Waals surface area contributed by atoms with E-state index in [-0.39, 0.29) is 30.0 Å². The molecule has 0 aliphatic heterocycles. The molecule has 0 saturated heterocycles. The van der Waals surface area contributed by atoms with E-state index in [2.05, 4.69) is 22.7 Å². The van der Waals surface area contributed by atoms with Crippen molar-refractivity contribution in [3.8, 4) is 0 Å². The fourth-order valence-electron chi connectivity index (χ4n) is 2.30. The molecule has 0 atom stereocenters. The van der Waals surface area contributed by atoms with Gasteiger partial charge in [0.2, 0.25) is 5.91 Å². The lowest BCUT2D eigenvalue weighted by Gasteiger charge is -2.08. The third kappa shape index (κ3) is 4.53. The number of hydrogen-bond donors (Lipinski definition) is 3. The Morgan fingerprint density at radius 3 is 2.61 bits per heavy atom.